The van der Waals surface area contributed by atoms with Gasteiger partial charge in [-0.05, 0) is 37.1 Å². The van der Waals surface area contributed by atoms with Crippen LogP contribution in [0.25, 0.3) is 0 Å². The Labute approximate surface area is 161 Å². The van der Waals surface area contributed by atoms with Crippen molar-refractivity contribution >= 4 is 29.3 Å². The maximum Gasteiger partial charge on any atom is 0.256 e. The lowest BCUT2D eigenvalue weighted by atomic mass is 10.2. The fourth-order valence-electron chi connectivity index (χ4n) is 2.74. The molecular weight excluding hydrogens is 364 g/mol. The molecule has 6 nitrogen and oxygen atoms in total. The quantitative estimate of drug-likeness (QED) is 0.749. The van der Waals surface area contributed by atoms with E-state index in [9.17, 15) is 9.59 Å². The molecule has 2 N–H and O–H groups in total. The molecule has 0 spiro atoms. The van der Waals surface area contributed by atoms with Crippen molar-refractivity contribution in [3.8, 4) is 11.5 Å². The summed E-state index contributed by atoms with van der Waals surface area (Å²) in [5, 5.41) is 5.85. The van der Waals surface area contributed by atoms with Crippen molar-refractivity contribution in [3.05, 3.63) is 48.0 Å². The molecule has 1 aliphatic heterocycles. The van der Waals surface area contributed by atoms with Crippen LogP contribution in [0, 0.1) is 0 Å². The summed E-state index contributed by atoms with van der Waals surface area (Å²) >= 11 is 1.37. The first-order valence-electron chi connectivity index (χ1n) is 8.91. The number of fused-ring (bicyclic) bond motifs is 1. The number of hydrogen-bond donors (Lipinski definition) is 2. The largest absolute Gasteiger partial charge is 0.486 e. The third kappa shape index (κ3) is 4.54. The average molecular weight is 384 g/mol. The van der Waals surface area contributed by atoms with Gasteiger partial charge in [0.15, 0.2) is 11.5 Å². The van der Waals surface area contributed by atoms with Gasteiger partial charge in [-0.3, -0.25) is 9.59 Å². The lowest BCUT2D eigenvalue weighted by Gasteiger charge is -2.19. The standard InChI is InChI=1S/C20H20N2O4S/c23-19(21-13-5-6-13)12-27-18-4-2-1-3-15(18)20(24)22-14-7-8-16-17(11-14)26-10-9-25-16/h1-4,7-8,11,13H,5-6,9-10,12H2,(H,21,23)(H,22,24). The molecule has 140 valence electrons. The number of rotatable bonds is 6. The van der Waals surface area contributed by atoms with E-state index in [4.69, 9.17) is 9.47 Å². The molecule has 0 aromatic heterocycles. The Morgan fingerprint density at radius 3 is 2.63 bits per heavy atom. The van der Waals surface area contributed by atoms with Crippen molar-refractivity contribution < 1.29 is 19.1 Å². The molecule has 0 saturated heterocycles. The van der Waals surface area contributed by atoms with Gasteiger partial charge >= 0.3 is 0 Å². The number of carbonyl (C=O) groups is 2. The molecule has 0 bridgehead atoms. The Morgan fingerprint density at radius 2 is 1.81 bits per heavy atom. The highest BCUT2D eigenvalue weighted by molar-refractivity contribution is 8.00. The van der Waals surface area contributed by atoms with E-state index in [1.54, 1.807) is 24.3 Å². The molecule has 0 atom stereocenters. The molecule has 1 heterocycles. The van der Waals surface area contributed by atoms with Gasteiger partial charge in [0.05, 0.1) is 11.3 Å². The molecule has 7 heteroatoms. The van der Waals surface area contributed by atoms with Crippen LogP contribution in [0.15, 0.2) is 47.4 Å². The molecule has 2 aliphatic rings. The van der Waals surface area contributed by atoms with E-state index in [1.165, 1.54) is 11.8 Å². The summed E-state index contributed by atoms with van der Waals surface area (Å²) in [6.45, 7) is 1.02. The van der Waals surface area contributed by atoms with Crippen LogP contribution in [0.1, 0.15) is 23.2 Å². The summed E-state index contributed by atoms with van der Waals surface area (Å²) in [5.74, 6) is 1.38. The van der Waals surface area contributed by atoms with E-state index in [0.29, 0.717) is 47.8 Å². The fraction of sp³-hybridized carbons (Fsp3) is 0.300. The highest BCUT2D eigenvalue weighted by Gasteiger charge is 2.23. The van der Waals surface area contributed by atoms with Crippen LogP contribution >= 0.6 is 11.8 Å². The minimum absolute atomic E-state index is 0.00421. The van der Waals surface area contributed by atoms with E-state index >= 15 is 0 Å². The van der Waals surface area contributed by atoms with Gasteiger partial charge in [0.25, 0.3) is 5.91 Å². The Balaban J connectivity index is 1.43. The summed E-state index contributed by atoms with van der Waals surface area (Å²) in [5.41, 5.74) is 1.17. The smallest absolute Gasteiger partial charge is 0.256 e. The van der Waals surface area contributed by atoms with Gasteiger partial charge in [-0.2, -0.15) is 0 Å². The van der Waals surface area contributed by atoms with Crippen molar-refractivity contribution in [1.82, 2.24) is 5.32 Å². The molecule has 27 heavy (non-hydrogen) atoms. The molecule has 4 rings (SSSR count). The first kappa shape index (κ1) is 17.7. The zero-order chi connectivity index (χ0) is 18.6. The Kier molecular flexibility index (Phi) is 5.20. The molecule has 1 aliphatic carbocycles. The van der Waals surface area contributed by atoms with Gasteiger partial charge in [-0.25, -0.2) is 0 Å². The topological polar surface area (TPSA) is 76.7 Å². The Hall–Kier alpha value is -2.67. The normalized spacial score (nSPS) is 15.1. The van der Waals surface area contributed by atoms with Gasteiger partial charge in [-0.15, -0.1) is 11.8 Å². The third-order valence-electron chi connectivity index (χ3n) is 4.23. The van der Waals surface area contributed by atoms with E-state index in [-0.39, 0.29) is 11.8 Å². The second-order valence-corrected chi connectivity index (χ2v) is 7.46. The lowest BCUT2D eigenvalue weighted by molar-refractivity contribution is -0.118. The second kappa shape index (κ2) is 7.92. The van der Waals surface area contributed by atoms with Crippen molar-refractivity contribution in [2.45, 2.75) is 23.8 Å². The number of benzene rings is 2. The maximum absolute atomic E-state index is 12.7. The number of thioether (sulfide) groups is 1. The summed E-state index contributed by atoms with van der Waals surface area (Å²) < 4.78 is 11.0. The second-order valence-electron chi connectivity index (χ2n) is 6.44. The van der Waals surface area contributed by atoms with Crippen molar-refractivity contribution in [3.63, 3.8) is 0 Å². The maximum atomic E-state index is 12.7. The predicted molar refractivity (Wildman–Crippen MR) is 104 cm³/mol. The molecule has 2 aromatic carbocycles. The van der Waals surface area contributed by atoms with Gasteiger partial charge in [0.1, 0.15) is 13.2 Å². The van der Waals surface area contributed by atoms with Gasteiger partial charge in [0, 0.05) is 22.7 Å². The van der Waals surface area contributed by atoms with Crippen molar-refractivity contribution in [2.24, 2.45) is 0 Å². The highest BCUT2D eigenvalue weighted by Crippen LogP contribution is 2.33. The number of ether oxygens (including phenoxy) is 2. The Bertz CT molecular complexity index is 867. The molecule has 2 aromatic rings. The summed E-state index contributed by atoms with van der Waals surface area (Å²) in [7, 11) is 0. The third-order valence-corrected chi connectivity index (χ3v) is 5.31. The minimum atomic E-state index is -0.225. The van der Waals surface area contributed by atoms with Crippen molar-refractivity contribution in [2.75, 3.05) is 24.3 Å². The molecule has 1 fully saturated rings. The van der Waals surface area contributed by atoms with Crippen LogP contribution in [-0.4, -0.2) is 36.8 Å². The number of carbonyl (C=O) groups excluding carboxylic acids is 2. The molecule has 0 unspecified atom stereocenters. The highest BCUT2D eigenvalue weighted by atomic mass is 32.2. The van der Waals surface area contributed by atoms with Crippen LogP contribution in [0.2, 0.25) is 0 Å². The summed E-state index contributed by atoms with van der Waals surface area (Å²) in [4.78, 5) is 25.4. The molecule has 0 radical (unpaired) electrons. The summed E-state index contributed by atoms with van der Waals surface area (Å²) in [6, 6.07) is 13.0. The fourth-order valence-corrected chi connectivity index (χ4v) is 3.60. The monoisotopic (exact) mass is 384 g/mol. The van der Waals surface area contributed by atoms with E-state index in [2.05, 4.69) is 10.6 Å². The lowest BCUT2D eigenvalue weighted by Crippen LogP contribution is -2.27. The molecular formula is C20H20N2O4S. The number of anilines is 1. The number of amides is 2. The number of hydrogen-bond acceptors (Lipinski definition) is 5. The van der Waals surface area contributed by atoms with Crippen LogP contribution in [0.3, 0.4) is 0 Å². The predicted octanol–water partition coefficient (Wildman–Crippen LogP) is 3.08. The summed E-state index contributed by atoms with van der Waals surface area (Å²) in [6.07, 6.45) is 2.12. The first-order chi connectivity index (χ1) is 13.2. The Morgan fingerprint density at radius 1 is 1.04 bits per heavy atom. The van der Waals surface area contributed by atoms with Crippen LogP contribution in [0.4, 0.5) is 5.69 Å². The SMILES string of the molecule is O=C(CSc1ccccc1C(=O)Nc1ccc2c(c1)OCCO2)NC1CC1. The molecule has 1 saturated carbocycles. The van der Waals surface area contributed by atoms with Gasteiger partial charge in [0.2, 0.25) is 5.91 Å². The van der Waals surface area contributed by atoms with Crippen molar-refractivity contribution in [1.29, 1.82) is 0 Å². The minimum Gasteiger partial charge on any atom is -0.486 e. The van der Waals surface area contributed by atoms with Crippen LogP contribution in [-0.2, 0) is 4.79 Å². The van der Waals surface area contributed by atoms with Crippen LogP contribution in [0.5, 0.6) is 11.5 Å². The van der Waals surface area contributed by atoms with E-state index in [0.717, 1.165) is 17.7 Å². The zero-order valence-electron chi connectivity index (χ0n) is 14.7. The van der Waals surface area contributed by atoms with E-state index < -0.39 is 0 Å². The first-order valence-corrected chi connectivity index (χ1v) is 9.90. The van der Waals surface area contributed by atoms with Crippen LogP contribution < -0.4 is 20.1 Å². The molecule has 2 amide bonds. The van der Waals surface area contributed by atoms with Gasteiger partial charge < -0.3 is 20.1 Å². The van der Waals surface area contributed by atoms with E-state index in [1.807, 2.05) is 18.2 Å². The number of nitrogens with one attached hydrogen (secondary N) is 2. The van der Waals surface area contributed by atoms with Gasteiger partial charge in [-0.1, -0.05) is 12.1 Å². The average Bonchev–Trinajstić information content (AvgIpc) is 3.50. The zero-order valence-corrected chi connectivity index (χ0v) is 15.5.